The third kappa shape index (κ3) is 2.17. The predicted molar refractivity (Wildman–Crippen MR) is 48.0 cm³/mol. The molecule has 0 N–H and O–H groups in total. The molecular weight excluding hydrogens is 166 g/mol. The highest BCUT2D eigenvalue weighted by Gasteiger charge is 2.04. The molecule has 0 fully saturated rings. The molecule has 0 saturated carbocycles. The Hall–Kier alpha value is -2.08. The van der Waals surface area contributed by atoms with E-state index in [4.69, 9.17) is 11.2 Å². The lowest BCUT2D eigenvalue weighted by atomic mass is 10.3. The SMILES string of the molecule is C#Cc1ncccc1OC(=O)C=C. The number of ether oxygens (including phenoxy) is 1. The molecule has 1 heterocycles. The third-order valence-electron chi connectivity index (χ3n) is 1.28. The van der Waals surface area contributed by atoms with Gasteiger partial charge in [0.25, 0.3) is 0 Å². The second-order valence-corrected chi connectivity index (χ2v) is 2.12. The monoisotopic (exact) mass is 173 g/mol. The lowest BCUT2D eigenvalue weighted by Crippen LogP contribution is -2.04. The zero-order valence-electron chi connectivity index (χ0n) is 6.86. The second-order valence-electron chi connectivity index (χ2n) is 2.12. The van der Waals surface area contributed by atoms with Gasteiger partial charge in [-0.1, -0.05) is 6.58 Å². The summed E-state index contributed by atoms with van der Waals surface area (Å²) in [6.45, 7) is 3.27. The highest BCUT2D eigenvalue weighted by atomic mass is 16.5. The van der Waals surface area contributed by atoms with E-state index in [0.717, 1.165) is 6.08 Å². The Labute approximate surface area is 76.1 Å². The molecule has 0 aliphatic heterocycles. The summed E-state index contributed by atoms with van der Waals surface area (Å²) in [5.74, 6) is 2.02. The second kappa shape index (κ2) is 4.07. The number of nitrogens with zero attached hydrogens (tertiary/aromatic N) is 1. The molecule has 0 radical (unpaired) electrons. The summed E-state index contributed by atoms with van der Waals surface area (Å²) in [6.07, 6.45) is 7.73. The first-order valence-electron chi connectivity index (χ1n) is 3.54. The van der Waals surface area contributed by atoms with Gasteiger partial charge in [0.1, 0.15) is 0 Å². The third-order valence-corrected chi connectivity index (χ3v) is 1.28. The van der Waals surface area contributed by atoms with Crippen LogP contribution in [0, 0.1) is 12.3 Å². The maximum Gasteiger partial charge on any atom is 0.335 e. The number of rotatable bonds is 2. The molecular formula is C10H7NO2. The molecule has 0 saturated heterocycles. The van der Waals surface area contributed by atoms with Crippen LogP contribution in [0.3, 0.4) is 0 Å². The van der Waals surface area contributed by atoms with E-state index in [-0.39, 0.29) is 5.75 Å². The molecule has 1 aromatic rings. The number of carbonyl (C=O) groups excluding carboxylic acids is 1. The van der Waals surface area contributed by atoms with Crippen molar-refractivity contribution >= 4 is 5.97 Å². The Balaban J connectivity index is 2.95. The van der Waals surface area contributed by atoms with Crippen LogP contribution in [-0.4, -0.2) is 11.0 Å². The first-order valence-corrected chi connectivity index (χ1v) is 3.54. The van der Waals surface area contributed by atoms with E-state index in [0.29, 0.717) is 5.69 Å². The minimum atomic E-state index is -0.551. The fraction of sp³-hybridized carbons (Fsp3) is 0. The summed E-state index contributed by atoms with van der Waals surface area (Å²) in [5, 5.41) is 0. The molecule has 0 aromatic carbocycles. The number of carbonyl (C=O) groups is 1. The average Bonchev–Trinajstić information content (AvgIpc) is 2.18. The topological polar surface area (TPSA) is 39.2 Å². The smallest absolute Gasteiger partial charge is 0.335 e. The number of hydrogen-bond donors (Lipinski definition) is 0. The van der Waals surface area contributed by atoms with Crippen LogP contribution >= 0.6 is 0 Å². The molecule has 13 heavy (non-hydrogen) atoms. The van der Waals surface area contributed by atoms with E-state index in [1.807, 2.05) is 0 Å². The Morgan fingerprint density at radius 3 is 3.15 bits per heavy atom. The molecule has 0 amide bonds. The first kappa shape index (κ1) is 9.01. The highest BCUT2D eigenvalue weighted by Crippen LogP contribution is 2.13. The van der Waals surface area contributed by atoms with Crippen LogP contribution in [0.1, 0.15) is 5.69 Å². The molecule has 0 unspecified atom stereocenters. The van der Waals surface area contributed by atoms with Gasteiger partial charge in [-0.3, -0.25) is 0 Å². The van der Waals surface area contributed by atoms with Crippen molar-refractivity contribution in [3.05, 3.63) is 36.7 Å². The van der Waals surface area contributed by atoms with E-state index in [1.54, 1.807) is 12.1 Å². The lowest BCUT2D eigenvalue weighted by molar-refractivity contribution is -0.129. The molecule has 0 spiro atoms. The Bertz CT molecular complexity index is 377. The van der Waals surface area contributed by atoms with Crippen molar-refractivity contribution in [3.8, 4) is 18.1 Å². The van der Waals surface area contributed by atoms with E-state index in [1.165, 1.54) is 6.20 Å². The zero-order chi connectivity index (χ0) is 9.68. The summed E-state index contributed by atoms with van der Waals surface area (Å²) in [5.41, 5.74) is 0.303. The van der Waals surface area contributed by atoms with Gasteiger partial charge >= 0.3 is 5.97 Å². The van der Waals surface area contributed by atoms with Gasteiger partial charge in [0.05, 0.1) is 0 Å². The van der Waals surface area contributed by atoms with Gasteiger partial charge in [-0.15, -0.1) is 6.42 Å². The van der Waals surface area contributed by atoms with Gasteiger partial charge in [-0.2, -0.15) is 0 Å². The first-order chi connectivity index (χ1) is 6.27. The molecule has 0 aliphatic rings. The van der Waals surface area contributed by atoms with E-state index in [2.05, 4.69) is 17.5 Å². The highest BCUT2D eigenvalue weighted by molar-refractivity contribution is 5.83. The molecule has 1 aromatic heterocycles. The van der Waals surface area contributed by atoms with E-state index < -0.39 is 5.97 Å². The standard InChI is InChI=1S/C10H7NO2/c1-3-8-9(6-5-7-11-8)13-10(12)4-2/h1,4-7H,2H2. The quantitative estimate of drug-likeness (QED) is 0.382. The summed E-state index contributed by atoms with van der Waals surface area (Å²) in [6, 6.07) is 3.20. The van der Waals surface area contributed by atoms with Crippen LogP contribution in [0.25, 0.3) is 0 Å². The van der Waals surface area contributed by atoms with Crippen molar-refractivity contribution in [2.45, 2.75) is 0 Å². The van der Waals surface area contributed by atoms with Gasteiger partial charge in [0.2, 0.25) is 0 Å². The Kier molecular flexibility index (Phi) is 2.82. The van der Waals surface area contributed by atoms with Gasteiger partial charge in [0.15, 0.2) is 11.4 Å². The maximum atomic E-state index is 10.8. The van der Waals surface area contributed by atoms with Crippen LogP contribution in [-0.2, 0) is 4.79 Å². The minimum absolute atomic E-state index is 0.273. The van der Waals surface area contributed by atoms with Crippen LogP contribution < -0.4 is 4.74 Å². The molecule has 0 aliphatic carbocycles. The van der Waals surface area contributed by atoms with Crippen LogP contribution in [0.4, 0.5) is 0 Å². The summed E-state index contributed by atoms with van der Waals surface area (Å²) < 4.78 is 4.82. The number of terminal acetylenes is 1. The van der Waals surface area contributed by atoms with Crippen LogP contribution in [0.5, 0.6) is 5.75 Å². The number of esters is 1. The molecule has 1 rings (SSSR count). The van der Waals surface area contributed by atoms with Crippen molar-refractivity contribution in [2.75, 3.05) is 0 Å². The van der Waals surface area contributed by atoms with Gasteiger partial charge in [-0.05, 0) is 18.1 Å². The zero-order valence-corrected chi connectivity index (χ0v) is 6.86. The predicted octanol–water partition coefficient (Wildman–Crippen LogP) is 1.15. The Morgan fingerprint density at radius 1 is 1.77 bits per heavy atom. The molecule has 0 atom stereocenters. The number of aromatic nitrogens is 1. The van der Waals surface area contributed by atoms with Crippen molar-refractivity contribution < 1.29 is 9.53 Å². The van der Waals surface area contributed by atoms with Crippen molar-refractivity contribution in [1.82, 2.24) is 4.98 Å². The molecule has 3 nitrogen and oxygen atoms in total. The fourth-order valence-corrected chi connectivity index (χ4v) is 0.731. The van der Waals surface area contributed by atoms with E-state index in [9.17, 15) is 4.79 Å². The summed E-state index contributed by atoms with van der Waals surface area (Å²) in [7, 11) is 0. The Morgan fingerprint density at radius 2 is 2.54 bits per heavy atom. The van der Waals surface area contributed by atoms with Crippen LogP contribution in [0.15, 0.2) is 31.0 Å². The minimum Gasteiger partial charge on any atom is -0.420 e. The number of pyridine rings is 1. The van der Waals surface area contributed by atoms with Crippen molar-refractivity contribution in [2.24, 2.45) is 0 Å². The summed E-state index contributed by atoms with van der Waals surface area (Å²) in [4.78, 5) is 14.6. The van der Waals surface area contributed by atoms with Gasteiger partial charge < -0.3 is 4.74 Å². The van der Waals surface area contributed by atoms with E-state index >= 15 is 0 Å². The molecule has 0 bridgehead atoms. The molecule has 64 valence electrons. The van der Waals surface area contributed by atoms with Gasteiger partial charge in [0, 0.05) is 12.3 Å². The lowest BCUT2D eigenvalue weighted by Gasteiger charge is -2.01. The number of hydrogen-bond acceptors (Lipinski definition) is 3. The molecule has 3 heteroatoms. The van der Waals surface area contributed by atoms with Gasteiger partial charge in [-0.25, -0.2) is 9.78 Å². The van der Waals surface area contributed by atoms with Crippen molar-refractivity contribution in [3.63, 3.8) is 0 Å². The largest absolute Gasteiger partial charge is 0.420 e. The normalized spacial score (nSPS) is 8.54. The fourth-order valence-electron chi connectivity index (χ4n) is 0.731. The van der Waals surface area contributed by atoms with Crippen molar-refractivity contribution in [1.29, 1.82) is 0 Å². The van der Waals surface area contributed by atoms with Crippen LogP contribution in [0.2, 0.25) is 0 Å². The average molecular weight is 173 g/mol. The summed E-state index contributed by atoms with van der Waals surface area (Å²) >= 11 is 0. The maximum absolute atomic E-state index is 10.8.